The van der Waals surface area contributed by atoms with Crippen molar-refractivity contribution in [3.8, 4) is 0 Å². The quantitative estimate of drug-likeness (QED) is 0.331. The molecule has 0 N–H and O–H groups in total. The molecule has 0 rings (SSSR count). The SMILES string of the molecule is C=C.CCC.CCC.CCC(C)C.CCCC.CCCCCCC. The Morgan fingerprint density at radius 2 is 0.708 bits per heavy atom. The van der Waals surface area contributed by atoms with Gasteiger partial charge in [0.05, 0.1) is 0 Å². The van der Waals surface area contributed by atoms with E-state index < -0.39 is 0 Å². The second-order valence-electron chi connectivity index (χ2n) is 6.28. The van der Waals surface area contributed by atoms with Crippen LogP contribution in [-0.4, -0.2) is 0 Å². The van der Waals surface area contributed by atoms with Gasteiger partial charge in [0.1, 0.15) is 0 Å². The Morgan fingerprint density at radius 3 is 0.792 bits per heavy atom. The lowest BCUT2D eigenvalue weighted by Gasteiger charge is -1.90. The lowest BCUT2D eigenvalue weighted by atomic mass is 10.2. The Labute approximate surface area is 159 Å². The maximum atomic E-state index is 3.00. The van der Waals surface area contributed by atoms with Gasteiger partial charge in [0.25, 0.3) is 0 Å². The van der Waals surface area contributed by atoms with Gasteiger partial charge in [0, 0.05) is 0 Å². The molecule has 0 aliphatic heterocycles. The molecule has 0 spiro atoms. The highest BCUT2D eigenvalue weighted by atomic mass is 13.9. The van der Waals surface area contributed by atoms with E-state index in [0.29, 0.717) is 0 Å². The van der Waals surface area contributed by atoms with E-state index in [1.165, 1.54) is 64.2 Å². The summed E-state index contributed by atoms with van der Waals surface area (Å²) in [6.45, 7) is 30.0. The second-order valence-corrected chi connectivity index (χ2v) is 6.28. The molecule has 0 aliphatic rings. The van der Waals surface area contributed by atoms with Gasteiger partial charge < -0.3 is 0 Å². The van der Waals surface area contributed by atoms with Crippen LogP contribution in [0.5, 0.6) is 0 Å². The largest absolute Gasteiger partial charge is 0.106 e. The summed E-state index contributed by atoms with van der Waals surface area (Å²) in [4.78, 5) is 0. The van der Waals surface area contributed by atoms with Crippen LogP contribution in [0.25, 0.3) is 0 Å². The summed E-state index contributed by atoms with van der Waals surface area (Å²) in [5.41, 5.74) is 0. The fourth-order valence-corrected chi connectivity index (χ4v) is 0.677. The fraction of sp³-hybridized carbons (Fsp3) is 0.917. The molecule has 0 aromatic carbocycles. The predicted molar refractivity (Wildman–Crippen MR) is 123 cm³/mol. The van der Waals surface area contributed by atoms with E-state index in [1.54, 1.807) is 0 Å². The molecule has 0 heteroatoms. The maximum Gasteiger partial charge on any atom is -0.0474 e. The van der Waals surface area contributed by atoms with Crippen LogP contribution in [0.15, 0.2) is 13.2 Å². The van der Waals surface area contributed by atoms with E-state index in [4.69, 9.17) is 0 Å². The second kappa shape index (κ2) is 66.2. The number of hydrogen-bond acceptors (Lipinski definition) is 0. The molecule has 0 aromatic rings. The first-order valence-electron chi connectivity index (χ1n) is 10.9. The average molecular weight is 347 g/mol. The molecule has 154 valence electrons. The Morgan fingerprint density at radius 1 is 0.500 bits per heavy atom. The van der Waals surface area contributed by atoms with Gasteiger partial charge in [-0.15, -0.1) is 13.2 Å². The third-order valence-corrected chi connectivity index (χ3v) is 2.52. The molecule has 0 atom stereocenters. The first kappa shape index (κ1) is 39.0. The molecule has 0 fully saturated rings. The van der Waals surface area contributed by atoms with Crippen LogP contribution in [0.1, 0.15) is 140 Å². The number of rotatable bonds is 6. The summed E-state index contributed by atoms with van der Waals surface area (Å²) in [6, 6.07) is 0. The normalized spacial score (nSPS) is 7.67. The molecule has 0 saturated heterocycles. The average Bonchev–Trinajstić information content (AvgIpc) is 2.59. The molecule has 0 unspecified atom stereocenters. The Hall–Kier alpha value is -0.260. The van der Waals surface area contributed by atoms with E-state index in [-0.39, 0.29) is 0 Å². The summed E-state index contributed by atoms with van der Waals surface area (Å²) < 4.78 is 0. The van der Waals surface area contributed by atoms with Gasteiger partial charge in [-0.1, -0.05) is 140 Å². The van der Waals surface area contributed by atoms with Crippen LogP contribution in [-0.2, 0) is 0 Å². The van der Waals surface area contributed by atoms with Crippen molar-refractivity contribution in [1.82, 2.24) is 0 Å². The number of unbranched alkanes of at least 4 members (excludes halogenated alkanes) is 5. The van der Waals surface area contributed by atoms with Crippen molar-refractivity contribution < 1.29 is 0 Å². The van der Waals surface area contributed by atoms with E-state index in [9.17, 15) is 0 Å². The topological polar surface area (TPSA) is 0 Å². The van der Waals surface area contributed by atoms with Crippen molar-refractivity contribution in [3.05, 3.63) is 13.2 Å². The van der Waals surface area contributed by atoms with Crippen molar-refractivity contribution in [1.29, 1.82) is 0 Å². The summed E-state index contributed by atoms with van der Waals surface area (Å²) >= 11 is 0. The number of hydrogen-bond donors (Lipinski definition) is 0. The van der Waals surface area contributed by atoms with E-state index in [0.717, 1.165) is 5.92 Å². The van der Waals surface area contributed by atoms with Gasteiger partial charge in [0.2, 0.25) is 0 Å². The third kappa shape index (κ3) is 206. The van der Waals surface area contributed by atoms with Crippen LogP contribution in [0, 0.1) is 5.92 Å². The van der Waals surface area contributed by atoms with Gasteiger partial charge >= 0.3 is 0 Å². The predicted octanol–water partition coefficient (Wildman–Crippen LogP) is 10.5. The van der Waals surface area contributed by atoms with Crippen LogP contribution in [0.2, 0.25) is 0 Å². The zero-order valence-corrected chi connectivity index (χ0v) is 20.1. The van der Waals surface area contributed by atoms with Gasteiger partial charge in [-0.05, 0) is 5.92 Å². The standard InChI is InChI=1S/C7H16.C5H12.C4H10.2C3H8.C2H4/c1-3-5-7-6-4-2;1-4-5(2)3;1-3-4-2;2*1-3-2;1-2/h3-7H2,1-2H3;5H,4H2,1-3H3;3-4H2,1-2H3;2*3H2,1-2H3;1-2H2. The zero-order valence-electron chi connectivity index (χ0n) is 20.1. The van der Waals surface area contributed by atoms with Crippen molar-refractivity contribution in [2.75, 3.05) is 0 Å². The minimum Gasteiger partial charge on any atom is -0.106 e. The monoisotopic (exact) mass is 346 g/mol. The molecular formula is C24H58. The van der Waals surface area contributed by atoms with Crippen LogP contribution >= 0.6 is 0 Å². The van der Waals surface area contributed by atoms with Crippen molar-refractivity contribution in [3.63, 3.8) is 0 Å². The van der Waals surface area contributed by atoms with Crippen LogP contribution in [0.4, 0.5) is 0 Å². The molecule has 0 nitrogen and oxygen atoms in total. The Bertz CT molecular complexity index is 96.6. The smallest absolute Gasteiger partial charge is 0.0474 e. The Kier molecular flexibility index (Phi) is 108. The third-order valence-electron chi connectivity index (χ3n) is 2.52. The van der Waals surface area contributed by atoms with Crippen LogP contribution < -0.4 is 0 Å². The van der Waals surface area contributed by atoms with Crippen molar-refractivity contribution >= 4 is 0 Å². The lowest BCUT2D eigenvalue weighted by molar-refractivity contribution is 0.626. The molecule has 0 saturated carbocycles. The van der Waals surface area contributed by atoms with Gasteiger partial charge in [-0.25, -0.2) is 0 Å². The van der Waals surface area contributed by atoms with Crippen molar-refractivity contribution in [2.24, 2.45) is 5.92 Å². The molecular weight excluding hydrogens is 288 g/mol. The first-order chi connectivity index (χ1) is 11.4. The summed E-state index contributed by atoms with van der Waals surface area (Å²) in [5, 5.41) is 0. The van der Waals surface area contributed by atoms with Gasteiger partial charge in [0.15, 0.2) is 0 Å². The van der Waals surface area contributed by atoms with E-state index >= 15 is 0 Å². The minimum absolute atomic E-state index is 0.884. The summed E-state index contributed by atoms with van der Waals surface area (Å²) in [7, 11) is 0. The Balaban J connectivity index is -0.0000000427. The summed E-state index contributed by atoms with van der Waals surface area (Å²) in [6.07, 6.45) is 13.5. The molecule has 0 radical (unpaired) electrons. The van der Waals surface area contributed by atoms with Gasteiger partial charge in [-0.3, -0.25) is 0 Å². The van der Waals surface area contributed by atoms with E-state index in [1.807, 2.05) is 0 Å². The zero-order chi connectivity index (χ0) is 20.6. The molecule has 0 bridgehead atoms. The molecule has 0 aliphatic carbocycles. The molecule has 24 heavy (non-hydrogen) atoms. The van der Waals surface area contributed by atoms with Crippen LogP contribution in [0.3, 0.4) is 0 Å². The van der Waals surface area contributed by atoms with E-state index in [2.05, 4.69) is 89.3 Å². The highest BCUT2D eigenvalue weighted by Crippen LogP contribution is 2.00. The highest BCUT2D eigenvalue weighted by molar-refractivity contribution is 4.36. The maximum absolute atomic E-state index is 3.00. The molecule has 0 aromatic heterocycles. The molecule has 0 heterocycles. The lowest BCUT2D eigenvalue weighted by Crippen LogP contribution is -1.77. The minimum atomic E-state index is 0.884. The summed E-state index contributed by atoms with van der Waals surface area (Å²) in [5.74, 6) is 0.884. The van der Waals surface area contributed by atoms with Crippen molar-refractivity contribution in [2.45, 2.75) is 140 Å². The van der Waals surface area contributed by atoms with Gasteiger partial charge in [-0.2, -0.15) is 0 Å². The fourth-order valence-electron chi connectivity index (χ4n) is 0.677. The highest BCUT2D eigenvalue weighted by Gasteiger charge is 1.80. The first-order valence-corrected chi connectivity index (χ1v) is 10.9. The molecule has 0 amide bonds.